The zero-order chi connectivity index (χ0) is 16.7. The van der Waals surface area contributed by atoms with E-state index in [0.717, 1.165) is 12.8 Å². The quantitative estimate of drug-likeness (QED) is 0.545. The highest BCUT2D eigenvalue weighted by molar-refractivity contribution is 5.91. The van der Waals surface area contributed by atoms with Crippen molar-refractivity contribution in [1.82, 2.24) is 0 Å². The molecule has 6 heteroatoms. The average Bonchev–Trinajstić information content (AvgIpc) is 2.54. The van der Waals surface area contributed by atoms with Gasteiger partial charge in [0.2, 0.25) is 5.75 Å². The van der Waals surface area contributed by atoms with Crippen LogP contribution in [0.1, 0.15) is 32.6 Å². The van der Waals surface area contributed by atoms with Crippen molar-refractivity contribution in [3.8, 4) is 17.2 Å². The monoisotopic (exact) mass is 322 g/mol. The molecule has 6 nitrogen and oxygen atoms in total. The molecule has 0 saturated carbocycles. The Morgan fingerprint density at radius 1 is 1.13 bits per heavy atom. The van der Waals surface area contributed by atoms with Gasteiger partial charge in [0.15, 0.2) is 5.75 Å². The lowest BCUT2D eigenvalue weighted by Crippen LogP contribution is -2.09. The van der Waals surface area contributed by atoms with Crippen LogP contribution in [0.15, 0.2) is 27.4 Å². The maximum absolute atomic E-state index is 11.9. The molecule has 0 unspecified atom stereocenters. The molecule has 0 bridgehead atoms. The van der Waals surface area contributed by atoms with Crippen LogP contribution >= 0.6 is 0 Å². The van der Waals surface area contributed by atoms with Crippen LogP contribution in [0.3, 0.4) is 0 Å². The number of aliphatic hydroxyl groups is 1. The van der Waals surface area contributed by atoms with Crippen LogP contribution in [0.2, 0.25) is 0 Å². The van der Waals surface area contributed by atoms with Crippen LogP contribution in [-0.2, 0) is 0 Å². The smallest absolute Gasteiger partial charge is 0.383 e. The van der Waals surface area contributed by atoms with E-state index < -0.39 is 5.63 Å². The molecular weight excluding hydrogens is 300 g/mol. The van der Waals surface area contributed by atoms with E-state index >= 15 is 0 Å². The second-order valence-electron chi connectivity index (χ2n) is 5.18. The molecule has 0 amide bonds. The molecule has 0 atom stereocenters. The van der Waals surface area contributed by atoms with Crippen molar-refractivity contribution in [2.45, 2.75) is 32.6 Å². The van der Waals surface area contributed by atoms with Gasteiger partial charge in [-0.15, -0.1) is 0 Å². The van der Waals surface area contributed by atoms with Crippen LogP contribution in [0.5, 0.6) is 17.2 Å². The number of aliphatic hydroxyl groups excluding tert-OH is 1. The van der Waals surface area contributed by atoms with E-state index in [9.17, 15) is 9.90 Å². The van der Waals surface area contributed by atoms with E-state index in [1.165, 1.54) is 0 Å². The van der Waals surface area contributed by atoms with Crippen molar-refractivity contribution in [3.05, 3.63) is 28.6 Å². The zero-order valence-electron chi connectivity index (χ0n) is 13.2. The predicted molar refractivity (Wildman–Crippen MR) is 86.4 cm³/mol. The number of fused-ring (bicyclic) bond motifs is 1. The first kappa shape index (κ1) is 17.1. The Balaban J connectivity index is 2.33. The van der Waals surface area contributed by atoms with Gasteiger partial charge in [-0.3, -0.25) is 0 Å². The first-order valence-electron chi connectivity index (χ1n) is 7.84. The predicted octanol–water partition coefficient (Wildman–Crippen LogP) is 2.83. The van der Waals surface area contributed by atoms with Crippen molar-refractivity contribution >= 4 is 11.0 Å². The van der Waals surface area contributed by atoms with Gasteiger partial charge >= 0.3 is 5.63 Å². The molecule has 1 aromatic heterocycles. The van der Waals surface area contributed by atoms with Gasteiger partial charge in [-0.05, 0) is 31.4 Å². The molecule has 0 saturated heterocycles. The van der Waals surface area contributed by atoms with Crippen LogP contribution in [0.4, 0.5) is 0 Å². The summed E-state index contributed by atoms with van der Waals surface area (Å²) >= 11 is 0. The minimum atomic E-state index is -0.705. The van der Waals surface area contributed by atoms with Gasteiger partial charge in [-0.25, -0.2) is 4.79 Å². The molecule has 126 valence electrons. The molecule has 0 aliphatic rings. The van der Waals surface area contributed by atoms with Crippen LogP contribution in [-0.4, -0.2) is 30.0 Å². The van der Waals surface area contributed by atoms with Crippen LogP contribution in [0, 0.1) is 0 Å². The third-order valence-corrected chi connectivity index (χ3v) is 3.38. The Morgan fingerprint density at radius 2 is 1.91 bits per heavy atom. The van der Waals surface area contributed by atoms with Crippen molar-refractivity contribution in [1.29, 1.82) is 0 Å². The number of unbranched alkanes of at least 4 members (excludes halogenated alkanes) is 2. The lowest BCUT2D eigenvalue weighted by atomic mass is 10.2. The molecule has 1 heterocycles. The van der Waals surface area contributed by atoms with E-state index in [2.05, 4.69) is 0 Å². The lowest BCUT2D eigenvalue weighted by molar-refractivity contribution is 0.253. The van der Waals surface area contributed by atoms with Gasteiger partial charge in [0.1, 0.15) is 16.7 Å². The summed E-state index contributed by atoms with van der Waals surface area (Å²) in [6, 6.07) is 4.97. The highest BCUT2D eigenvalue weighted by Gasteiger charge is 2.18. The van der Waals surface area contributed by atoms with Gasteiger partial charge in [0, 0.05) is 6.61 Å². The Hall–Kier alpha value is -2.21. The van der Waals surface area contributed by atoms with E-state index in [0.29, 0.717) is 37.2 Å². The lowest BCUT2D eigenvalue weighted by Gasteiger charge is -2.12. The summed E-state index contributed by atoms with van der Waals surface area (Å²) in [6.45, 7) is 2.84. The molecule has 0 aliphatic carbocycles. The average molecular weight is 322 g/mol. The molecule has 2 N–H and O–H groups in total. The fourth-order valence-corrected chi connectivity index (χ4v) is 2.15. The van der Waals surface area contributed by atoms with Crippen molar-refractivity contribution in [3.63, 3.8) is 0 Å². The summed E-state index contributed by atoms with van der Waals surface area (Å²) in [7, 11) is 0. The summed E-state index contributed by atoms with van der Waals surface area (Å²) in [5.41, 5.74) is -0.460. The van der Waals surface area contributed by atoms with E-state index in [-0.39, 0.29) is 23.7 Å². The standard InChI is InChI=1S/C17H22O6/c1-2-3-10-22-16-15(19)14-12(21-11-5-4-9-18)7-6-8-13(14)23-17(16)20/h6-8,18-19H,2-5,9-11H2,1H3. The Kier molecular flexibility index (Phi) is 6.29. The minimum absolute atomic E-state index is 0.106. The van der Waals surface area contributed by atoms with Crippen molar-refractivity contribution in [2.24, 2.45) is 0 Å². The summed E-state index contributed by atoms with van der Waals surface area (Å²) in [5, 5.41) is 19.5. The molecule has 0 radical (unpaired) electrons. The van der Waals surface area contributed by atoms with Gasteiger partial charge in [0.25, 0.3) is 0 Å². The molecular formula is C17H22O6. The summed E-state index contributed by atoms with van der Waals surface area (Å²) in [6.07, 6.45) is 3.01. The third-order valence-electron chi connectivity index (χ3n) is 3.38. The van der Waals surface area contributed by atoms with Gasteiger partial charge in [0.05, 0.1) is 13.2 Å². The first-order valence-corrected chi connectivity index (χ1v) is 7.84. The maximum atomic E-state index is 11.9. The zero-order valence-corrected chi connectivity index (χ0v) is 13.2. The van der Waals surface area contributed by atoms with Crippen molar-refractivity contribution < 1.29 is 24.1 Å². The van der Waals surface area contributed by atoms with Crippen LogP contribution in [0.25, 0.3) is 11.0 Å². The second kappa shape index (κ2) is 8.43. The Morgan fingerprint density at radius 3 is 2.65 bits per heavy atom. The fourth-order valence-electron chi connectivity index (χ4n) is 2.15. The van der Waals surface area contributed by atoms with E-state index in [1.54, 1.807) is 18.2 Å². The molecule has 1 aromatic carbocycles. The number of hydrogen-bond donors (Lipinski definition) is 2. The van der Waals surface area contributed by atoms with Crippen LogP contribution < -0.4 is 15.1 Å². The summed E-state index contributed by atoms with van der Waals surface area (Å²) in [4.78, 5) is 11.9. The second-order valence-corrected chi connectivity index (χ2v) is 5.18. The SMILES string of the molecule is CCCCOc1c(O)c2c(OCCCCO)cccc2oc1=O. The summed E-state index contributed by atoms with van der Waals surface area (Å²) < 4.78 is 16.2. The molecule has 0 spiro atoms. The Labute approximate surface area is 134 Å². The first-order chi connectivity index (χ1) is 11.2. The molecule has 2 aromatic rings. The third kappa shape index (κ3) is 4.16. The highest BCUT2D eigenvalue weighted by atomic mass is 16.5. The number of benzene rings is 1. The molecule has 0 aliphatic heterocycles. The van der Waals surface area contributed by atoms with Gasteiger partial charge in [-0.1, -0.05) is 19.4 Å². The fraction of sp³-hybridized carbons (Fsp3) is 0.471. The number of hydrogen-bond acceptors (Lipinski definition) is 6. The maximum Gasteiger partial charge on any atom is 0.383 e. The molecule has 23 heavy (non-hydrogen) atoms. The van der Waals surface area contributed by atoms with Gasteiger partial charge in [-0.2, -0.15) is 0 Å². The van der Waals surface area contributed by atoms with Crippen molar-refractivity contribution in [2.75, 3.05) is 19.8 Å². The van der Waals surface area contributed by atoms with Gasteiger partial charge < -0.3 is 24.1 Å². The summed E-state index contributed by atoms with van der Waals surface area (Å²) in [5.74, 6) is -0.0236. The van der Waals surface area contributed by atoms with E-state index in [4.69, 9.17) is 19.0 Å². The normalized spacial score (nSPS) is 10.9. The molecule has 0 fully saturated rings. The largest absolute Gasteiger partial charge is 0.503 e. The Bertz CT molecular complexity index is 691. The number of ether oxygens (including phenoxy) is 2. The topological polar surface area (TPSA) is 89.1 Å². The number of rotatable bonds is 9. The van der Waals surface area contributed by atoms with E-state index in [1.807, 2.05) is 6.92 Å². The molecule has 2 rings (SSSR count). The highest BCUT2D eigenvalue weighted by Crippen LogP contribution is 2.37. The number of aromatic hydroxyl groups is 1. The minimum Gasteiger partial charge on any atom is -0.503 e.